The number of nitrogens with zero attached hydrogens (tertiary/aromatic N) is 2. The van der Waals surface area contributed by atoms with E-state index in [2.05, 4.69) is 20.7 Å². The van der Waals surface area contributed by atoms with E-state index in [1.165, 1.54) is 6.07 Å². The Kier molecular flexibility index (Phi) is 3.38. The lowest BCUT2D eigenvalue weighted by Gasteiger charge is -2.09. The van der Waals surface area contributed by atoms with E-state index in [-0.39, 0.29) is 5.82 Å². The minimum absolute atomic E-state index is 0.325. The van der Waals surface area contributed by atoms with Crippen molar-refractivity contribution in [3.63, 3.8) is 0 Å². The summed E-state index contributed by atoms with van der Waals surface area (Å²) in [4.78, 5) is 8.21. The lowest BCUT2D eigenvalue weighted by Crippen LogP contribution is -2.10. The van der Waals surface area contributed by atoms with Gasteiger partial charge in [0.05, 0.1) is 5.69 Å². The first-order chi connectivity index (χ1) is 8.58. The normalized spacial score (nSPS) is 10.2. The SMILES string of the molecule is Cc1ccc(Nc2cc(NN)nc(C)n2)c(F)c1. The van der Waals surface area contributed by atoms with Gasteiger partial charge in [-0.25, -0.2) is 20.2 Å². The summed E-state index contributed by atoms with van der Waals surface area (Å²) in [6.07, 6.45) is 0. The van der Waals surface area contributed by atoms with Crippen molar-refractivity contribution >= 4 is 17.3 Å². The van der Waals surface area contributed by atoms with Crippen molar-refractivity contribution < 1.29 is 4.39 Å². The molecule has 4 N–H and O–H groups in total. The van der Waals surface area contributed by atoms with Crippen LogP contribution in [-0.4, -0.2) is 9.97 Å². The maximum Gasteiger partial charge on any atom is 0.146 e. The van der Waals surface area contributed by atoms with Gasteiger partial charge < -0.3 is 10.7 Å². The highest BCUT2D eigenvalue weighted by atomic mass is 19.1. The van der Waals surface area contributed by atoms with Crippen molar-refractivity contribution in [2.24, 2.45) is 5.84 Å². The van der Waals surface area contributed by atoms with Gasteiger partial charge in [-0.15, -0.1) is 0 Å². The minimum atomic E-state index is -0.325. The van der Waals surface area contributed by atoms with Crippen molar-refractivity contribution in [2.45, 2.75) is 13.8 Å². The number of nitrogen functional groups attached to an aromatic ring is 1. The molecule has 2 aromatic rings. The quantitative estimate of drug-likeness (QED) is 0.573. The van der Waals surface area contributed by atoms with Gasteiger partial charge in [-0.3, -0.25) is 0 Å². The fourth-order valence-electron chi connectivity index (χ4n) is 1.57. The first kappa shape index (κ1) is 12.3. The van der Waals surface area contributed by atoms with Gasteiger partial charge >= 0.3 is 0 Å². The van der Waals surface area contributed by atoms with E-state index in [0.29, 0.717) is 23.1 Å². The summed E-state index contributed by atoms with van der Waals surface area (Å²) in [6, 6.07) is 6.55. The summed E-state index contributed by atoms with van der Waals surface area (Å²) in [5.41, 5.74) is 3.66. The lowest BCUT2D eigenvalue weighted by atomic mass is 10.2. The molecule has 0 radical (unpaired) electrons. The predicted octanol–water partition coefficient (Wildman–Crippen LogP) is 2.26. The number of nitrogens with two attached hydrogens (primary N) is 1. The zero-order chi connectivity index (χ0) is 13.1. The van der Waals surface area contributed by atoms with Crippen molar-refractivity contribution in [1.29, 1.82) is 0 Å². The Hall–Kier alpha value is -2.21. The molecule has 2 rings (SSSR count). The van der Waals surface area contributed by atoms with Gasteiger partial charge in [-0.1, -0.05) is 6.07 Å². The van der Waals surface area contributed by atoms with E-state index in [4.69, 9.17) is 5.84 Å². The van der Waals surface area contributed by atoms with Crippen LogP contribution in [0.4, 0.5) is 21.7 Å². The van der Waals surface area contributed by atoms with Gasteiger partial charge in [0.15, 0.2) is 0 Å². The number of aromatic nitrogens is 2. The third-order valence-electron chi connectivity index (χ3n) is 2.37. The van der Waals surface area contributed by atoms with Crippen molar-refractivity contribution in [1.82, 2.24) is 9.97 Å². The standard InChI is InChI=1S/C12H14FN5/c1-7-3-4-10(9(13)5-7)17-11-6-12(18-14)16-8(2)15-11/h3-6H,14H2,1-2H3,(H2,15,16,17,18). The number of aryl methyl sites for hydroxylation is 2. The molecule has 0 unspecified atom stereocenters. The largest absolute Gasteiger partial charge is 0.338 e. The second-order valence-corrected chi connectivity index (χ2v) is 3.94. The summed E-state index contributed by atoms with van der Waals surface area (Å²) < 4.78 is 13.7. The zero-order valence-corrected chi connectivity index (χ0v) is 10.2. The average Bonchev–Trinajstić information content (AvgIpc) is 2.32. The third kappa shape index (κ3) is 2.72. The molecule has 0 bridgehead atoms. The van der Waals surface area contributed by atoms with Crippen molar-refractivity contribution in [3.8, 4) is 0 Å². The molecule has 1 aromatic heterocycles. The molecule has 0 aliphatic heterocycles. The number of hydrazine groups is 1. The second-order valence-electron chi connectivity index (χ2n) is 3.94. The molecule has 0 amide bonds. The Morgan fingerprint density at radius 2 is 1.83 bits per heavy atom. The fraction of sp³-hybridized carbons (Fsp3) is 0.167. The molecule has 5 nitrogen and oxygen atoms in total. The molecule has 0 spiro atoms. The Balaban J connectivity index is 2.30. The molecule has 0 aliphatic rings. The minimum Gasteiger partial charge on any atom is -0.338 e. The first-order valence-electron chi connectivity index (χ1n) is 5.44. The van der Waals surface area contributed by atoms with E-state index in [9.17, 15) is 4.39 Å². The summed E-state index contributed by atoms with van der Waals surface area (Å²) in [5.74, 6) is 6.46. The van der Waals surface area contributed by atoms with E-state index < -0.39 is 0 Å². The topological polar surface area (TPSA) is 75.9 Å². The Morgan fingerprint density at radius 3 is 2.50 bits per heavy atom. The first-order valence-corrected chi connectivity index (χ1v) is 5.44. The molecule has 0 aliphatic carbocycles. The maximum atomic E-state index is 13.7. The Morgan fingerprint density at radius 1 is 1.11 bits per heavy atom. The zero-order valence-electron chi connectivity index (χ0n) is 10.2. The molecule has 0 saturated heterocycles. The number of hydrogen-bond acceptors (Lipinski definition) is 5. The van der Waals surface area contributed by atoms with Gasteiger partial charge in [0.25, 0.3) is 0 Å². The number of benzene rings is 1. The summed E-state index contributed by atoms with van der Waals surface area (Å²) in [5, 5.41) is 2.89. The van der Waals surface area contributed by atoms with E-state index in [1.54, 1.807) is 19.1 Å². The van der Waals surface area contributed by atoms with E-state index in [1.807, 2.05) is 13.0 Å². The Labute approximate surface area is 104 Å². The average molecular weight is 247 g/mol. The molecule has 1 heterocycles. The monoisotopic (exact) mass is 247 g/mol. The van der Waals surface area contributed by atoms with Crippen LogP contribution in [0.5, 0.6) is 0 Å². The van der Waals surface area contributed by atoms with Crippen LogP contribution in [-0.2, 0) is 0 Å². The van der Waals surface area contributed by atoms with Gasteiger partial charge in [0.2, 0.25) is 0 Å². The number of hydrogen-bond donors (Lipinski definition) is 3. The van der Waals surface area contributed by atoms with Crippen LogP contribution in [0, 0.1) is 19.7 Å². The van der Waals surface area contributed by atoms with Gasteiger partial charge in [-0.2, -0.15) is 0 Å². The molecule has 6 heteroatoms. The number of halogens is 1. The number of nitrogens with one attached hydrogen (secondary N) is 2. The number of anilines is 3. The highest BCUT2D eigenvalue weighted by Gasteiger charge is 2.05. The summed E-state index contributed by atoms with van der Waals surface area (Å²) in [7, 11) is 0. The van der Waals surface area contributed by atoms with Gasteiger partial charge in [0, 0.05) is 6.07 Å². The predicted molar refractivity (Wildman–Crippen MR) is 69.0 cm³/mol. The summed E-state index contributed by atoms with van der Waals surface area (Å²) in [6.45, 7) is 3.57. The molecule has 1 aromatic carbocycles. The van der Waals surface area contributed by atoms with Gasteiger partial charge in [-0.05, 0) is 31.5 Å². The molecular formula is C12H14FN5. The highest BCUT2D eigenvalue weighted by Crippen LogP contribution is 2.20. The summed E-state index contributed by atoms with van der Waals surface area (Å²) >= 11 is 0. The Bertz CT molecular complexity index is 570. The van der Waals surface area contributed by atoms with Crippen LogP contribution in [0.15, 0.2) is 24.3 Å². The van der Waals surface area contributed by atoms with E-state index >= 15 is 0 Å². The van der Waals surface area contributed by atoms with Crippen LogP contribution in [0.2, 0.25) is 0 Å². The van der Waals surface area contributed by atoms with Crippen LogP contribution < -0.4 is 16.6 Å². The lowest BCUT2D eigenvalue weighted by molar-refractivity contribution is 0.630. The van der Waals surface area contributed by atoms with Crippen molar-refractivity contribution in [3.05, 3.63) is 41.5 Å². The maximum absolute atomic E-state index is 13.7. The molecular weight excluding hydrogens is 233 g/mol. The molecule has 94 valence electrons. The molecule has 0 saturated carbocycles. The van der Waals surface area contributed by atoms with Crippen LogP contribution in [0.1, 0.15) is 11.4 Å². The van der Waals surface area contributed by atoms with Crippen LogP contribution >= 0.6 is 0 Å². The highest BCUT2D eigenvalue weighted by molar-refractivity contribution is 5.60. The van der Waals surface area contributed by atoms with Crippen LogP contribution in [0.25, 0.3) is 0 Å². The third-order valence-corrected chi connectivity index (χ3v) is 2.37. The second kappa shape index (κ2) is 4.97. The van der Waals surface area contributed by atoms with Crippen molar-refractivity contribution in [2.75, 3.05) is 10.7 Å². The van der Waals surface area contributed by atoms with Crippen LogP contribution in [0.3, 0.4) is 0 Å². The van der Waals surface area contributed by atoms with E-state index in [0.717, 1.165) is 5.56 Å². The smallest absolute Gasteiger partial charge is 0.146 e. The fourth-order valence-corrected chi connectivity index (χ4v) is 1.57. The number of rotatable bonds is 3. The molecule has 0 fully saturated rings. The molecule has 18 heavy (non-hydrogen) atoms. The molecule has 0 atom stereocenters. The van der Waals surface area contributed by atoms with Gasteiger partial charge in [0.1, 0.15) is 23.3 Å².